The van der Waals surface area contributed by atoms with Crippen LogP contribution in [0.1, 0.15) is 21.7 Å². The van der Waals surface area contributed by atoms with Crippen LogP contribution >= 0.6 is 0 Å². The van der Waals surface area contributed by atoms with Crippen LogP contribution in [0.5, 0.6) is 0 Å². The van der Waals surface area contributed by atoms with E-state index in [1.54, 1.807) is 42.5 Å². The number of hydrazone groups is 1. The van der Waals surface area contributed by atoms with E-state index in [9.17, 15) is 9.18 Å². The molecule has 0 radical (unpaired) electrons. The van der Waals surface area contributed by atoms with Crippen LogP contribution in [0.3, 0.4) is 0 Å². The maximum absolute atomic E-state index is 13.5. The van der Waals surface area contributed by atoms with Gasteiger partial charge in [-0.1, -0.05) is 12.1 Å². The first-order valence-corrected chi connectivity index (χ1v) is 7.35. The molecular weight excluding hydrogens is 321 g/mol. The minimum atomic E-state index is -0.645. The molecule has 1 heterocycles. The van der Waals surface area contributed by atoms with E-state index in [1.807, 2.05) is 6.07 Å². The fourth-order valence-corrected chi connectivity index (χ4v) is 2.15. The second-order valence-electron chi connectivity index (χ2n) is 5.07. The molecule has 0 spiro atoms. The van der Waals surface area contributed by atoms with Crippen LogP contribution in [0, 0.1) is 17.1 Å². The number of amides is 1. The van der Waals surface area contributed by atoms with Crippen molar-refractivity contribution >= 4 is 12.1 Å². The van der Waals surface area contributed by atoms with E-state index in [0.717, 1.165) is 5.56 Å². The first-order chi connectivity index (χ1) is 12.2. The van der Waals surface area contributed by atoms with Crippen LogP contribution < -0.4 is 5.43 Å². The number of carbonyl (C=O) groups is 1. The quantitative estimate of drug-likeness (QED) is 0.584. The molecule has 3 aromatic rings. The van der Waals surface area contributed by atoms with Crippen molar-refractivity contribution < 1.29 is 13.6 Å². The normalized spacial score (nSPS) is 10.6. The second kappa shape index (κ2) is 7.23. The van der Waals surface area contributed by atoms with Gasteiger partial charge in [0, 0.05) is 5.56 Å². The summed E-state index contributed by atoms with van der Waals surface area (Å²) >= 11 is 0. The summed E-state index contributed by atoms with van der Waals surface area (Å²) in [6.07, 6.45) is 1.33. The van der Waals surface area contributed by atoms with E-state index in [4.69, 9.17) is 9.68 Å². The molecule has 6 heteroatoms. The van der Waals surface area contributed by atoms with Crippen molar-refractivity contribution in [1.82, 2.24) is 5.43 Å². The lowest BCUT2D eigenvalue weighted by Gasteiger charge is -2.00. The highest BCUT2D eigenvalue weighted by Crippen LogP contribution is 2.21. The Bertz CT molecular complexity index is 969. The van der Waals surface area contributed by atoms with Crippen molar-refractivity contribution in [1.29, 1.82) is 5.26 Å². The van der Waals surface area contributed by atoms with Crippen molar-refractivity contribution in [3.8, 4) is 17.4 Å². The topological polar surface area (TPSA) is 78.4 Å². The Hall–Kier alpha value is -3.72. The zero-order valence-electron chi connectivity index (χ0n) is 12.9. The lowest BCUT2D eigenvalue weighted by molar-refractivity contribution is 0.0951. The van der Waals surface area contributed by atoms with Gasteiger partial charge in [-0.25, -0.2) is 9.82 Å². The monoisotopic (exact) mass is 333 g/mol. The molecule has 1 N–H and O–H groups in total. The molecule has 2 aromatic carbocycles. The summed E-state index contributed by atoms with van der Waals surface area (Å²) in [5, 5.41) is 12.6. The number of hydrogen-bond donors (Lipinski definition) is 1. The molecule has 0 fully saturated rings. The molecule has 5 nitrogen and oxygen atoms in total. The maximum Gasteiger partial charge on any atom is 0.274 e. The molecular formula is C19H12FN3O2. The van der Waals surface area contributed by atoms with Crippen molar-refractivity contribution in [3.05, 3.63) is 83.4 Å². The Morgan fingerprint density at radius 2 is 1.88 bits per heavy atom. The highest BCUT2D eigenvalue weighted by molar-refractivity contribution is 5.94. The average molecular weight is 333 g/mol. The molecule has 0 saturated carbocycles. The number of nitriles is 1. The first-order valence-electron chi connectivity index (χ1n) is 7.35. The molecule has 0 aliphatic carbocycles. The van der Waals surface area contributed by atoms with Gasteiger partial charge >= 0.3 is 0 Å². The van der Waals surface area contributed by atoms with Crippen LogP contribution in [-0.4, -0.2) is 12.1 Å². The van der Waals surface area contributed by atoms with Crippen LogP contribution in [0.25, 0.3) is 11.3 Å². The van der Waals surface area contributed by atoms with Crippen molar-refractivity contribution in [2.24, 2.45) is 5.10 Å². The van der Waals surface area contributed by atoms with E-state index in [0.29, 0.717) is 17.1 Å². The number of carbonyl (C=O) groups excluding carboxylic acids is 1. The molecule has 1 amide bonds. The molecule has 0 aliphatic rings. The number of nitrogens with one attached hydrogen (secondary N) is 1. The van der Waals surface area contributed by atoms with E-state index >= 15 is 0 Å². The molecule has 0 saturated heterocycles. The number of halogens is 1. The molecule has 3 rings (SSSR count). The highest BCUT2D eigenvalue weighted by Gasteiger charge is 2.09. The van der Waals surface area contributed by atoms with Crippen LogP contribution in [0.2, 0.25) is 0 Å². The van der Waals surface area contributed by atoms with Crippen LogP contribution in [0.15, 0.2) is 70.2 Å². The summed E-state index contributed by atoms with van der Waals surface area (Å²) in [5.74, 6) is -0.232. The first kappa shape index (κ1) is 16.1. The van der Waals surface area contributed by atoms with E-state index in [-0.39, 0.29) is 5.56 Å². The Balaban J connectivity index is 1.67. The van der Waals surface area contributed by atoms with Gasteiger partial charge in [-0.15, -0.1) is 0 Å². The lowest BCUT2D eigenvalue weighted by atomic mass is 10.1. The van der Waals surface area contributed by atoms with Gasteiger partial charge in [0.05, 0.1) is 23.4 Å². The number of rotatable bonds is 4. The van der Waals surface area contributed by atoms with Gasteiger partial charge in [0.2, 0.25) is 0 Å². The zero-order valence-corrected chi connectivity index (χ0v) is 12.9. The van der Waals surface area contributed by atoms with E-state index in [1.165, 1.54) is 24.4 Å². The summed E-state index contributed by atoms with van der Waals surface area (Å²) in [6, 6.07) is 18.1. The minimum absolute atomic E-state index is 0.0858. The van der Waals surface area contributed by atoms with Crippen molar-refractivity contribution in [2.45, 2.75) is 0 Å². The third kappa shape index (κ3) is 3.79. The Morgan fingerprint density at radius 1 is 1.12 bits per heavy atom. The van der Waals surface area contributed by atoms with Gasteiger partial charge in [-0.05, 0) is 48.5 Å². The van der Waals surface area contributed by atoms with Gasteiger partial charge in [-0.3, -0.25) is 4.79 Å². The minimum Gasteiger partial charge on any atom is -0.455 e. The fourth-order valence-electron chi connectivity index (χ4n) is 2.15. The largest absolute Gasteiger partial charge is 0.455 e. The molecule has 0 unspecified atom stereocenters. The zero-order chi connectivity index (χ0) is 17.6. The third-order valence-corrected chi connectivity index (χ3v) is 3.40. The van der Waals surface area contributed by atoms with Gasteiger partial charge in [0.25, 0.3) is 5.91 Å². The summed E-state index contributed by atoms with van der Waals surface area (Å²) in [6.45, 7) is 0. The predicted octanol–water partition coefficient (Wildman–Crippen LogP) is 3.72. The molecule has 0 atom stereocenters. The predicted molar refractivity (Wildman–Crippen MR) is 90.3 cm³/mol. The molecule has 122 valence electrons. The SMILES string of the molecule is N#Cc1ccc(-c2ccc(/C=N\NC(=O)c3ccccc3F)o2)cc1. The number of furan rings is 1. The maximum atomic E-state index is 13.5. The summed E-state index contributed by atoms with van der Waals surface area (Å²) in [7, 11) is 0. The number of benzene rings is 2. The van der Waals surface area contributed by atoms with Gasteiger partial charge in [-0.2, -0.15) is 10.4 Å². The summed E-state index contributed by atoms with van der Waals surface area (Å²) in [5.41, 5.74) is 3.54. The van der Waals surface area contributed by atoms with E-state index in [2.05, 4.69) is 10.5 Å². The van der Waals surface area contributed by atoms with Gasteiger partial charge < -0.3 is 4.42 Å². The van der Waals surface area contributed by atoms with Crippen LogP contribution in [0.4, 0.5) is 4.39 Å². The summed E-state index contributed by atoms with van der Waals surface area (Å²) < 4.78 is 19.1. The second-order valence-corrected chi connectivity index (χ2v) is 5.07. The number of nitrogens with zero attached hydrogens (tertiary/aromatic N) is 2. The van der Waals surface area contributed by atoms with Crippen molar-refractivity contribution in [2.75, 3.05) is 0 Å². The Labute approximate surface area is 143 Å². The third-order valence-electron chi connectivity index (χ3n) is 3.40. The summed E-state index contributed by atoms with van der Waals surface area (Å²) in [4.78, 5) is 11.8. The molecule has 25 heavy (non-hydrogen) atoms. The Kier molecular flexibility index (Phi) is 4.67. The molecule has 0 bridgehead atoms. The van der Waals surface area contributed by atoms with Gasteiger partial charge in [0.1, 0.15) is 17.3 Å². The highest BCUT2D eigenvalue weighted by atomic mass is 19.1. The molecule has 1 aromatic heterocycles. The lowest BCUT2D eigenvalue weighted by Crippen LogP contribution is -2.18. The fraction of sp³-hybridized carbons (Fsp3) is 0. The Morgan fingerprint density at radius 3 is 2.60 bits per heavy atom. The standard InChI is InChI=1S/C19H12FN3O2/c20-17-4-2-1-3-16(17)19(24)23-22-12-15-9-10-18(25-15)14-7-5-13(11-21)6-8-14/h1-10,12H,(H,23,24)/b22-12-. The van der Waals surface area contributed by atoms with Crippen LogP contribution in [-0.2, 0) is 0 Å². The van der Waals surface area contributed by atoms with E-state index < -0.39 is 11.7 Å². The molecule has 0 aliphatic heterocycles. The average Bonchev–Trinajstić information content (AvgIpc) is 3.11. The smallest absolute Gasteiger partial charge is 0.274 e. The van der Waals surface area contributed by atoms with Crippen molar-refractivity contribution in [3.63, 3.8) is 0 Å². The van der Waals surface area contributed by atoms with Gasteiger partial charge in [0.15, 0.2) is 0 Å². The number of hydrogen-bond acceptors (Lipinski definition) is 4.